The van der Waals surface area contributed by atoms with Gasteiger partial charge >= 0.3 is 0 Å². The number of nitrogens with one attached hydrogen (secondary N) is 1. The number of nitrogens with zero attached hydrogens (tertiary/aromatic N) is 4. The van der Waals surface area contributed by atoms with Gasteiger partial charge in [0.05, 0.1) is 11.8 Å². The Labute approximate surface area is 163 Å². The maximum atomic E-state index is 12.7. The van der Waals surface area contributed by atoms with Crippen LogP contribution in [-0.4, -0.2) is 51.2 Å². The van der Waals surface area contributed by atoms with Crippen LogP contribution in [0.15, 0.2) is 27.6 Å². The van der Waals surface area contributed by atoms with Gasteiger partial charge in [-0.15, -0.1) is 0 Å². The van der Waals surface area contributed by atoms with Gasteiger partial charge < -0.3 is 14.6 Å². The van der Waals surface area contributed by atoms with Gasteiger partial charge in [-0.25, -0.2) is 4.68 Å². The summed E-state index contributed by atoms with van der Waals surface area (Å²) in [6, 6.07) is 3.57. The zero-order chi connectivity index (χ0) is 19.5. The molecule has 0 unspecified atom stereocenters. The summed E-state index contributed by atoms with van der Waals surface area (Å²) in [6.45, 7) is 6.42. The van der Waals surface area contributed by atoms with Crippen LogP contribution in [0.5, 0.6) is 0 Å². The summed E-state index contributed by atoms with van der Waals surface area (Å²) in [5.41, 5.74) is 1.90. The summed E-state index contributed by atoms with van der Waals surface area (Å²) in [7, 11) is 0. The number of carbonyl (C=O) groups excluding carboxylic acids is 1. The Morgan fingerprint density at radius 2 is 2.04 bits per heavy atom. The highest BCUT2D eigenvalue weighted by atomic mass is 16.3. The smallest absolute Gasteiger partial charge is 0.291 e. The van der Waals surface area contributed by atoms with Crippen molar-refractivity contribution in [2.24, 2.45) is 0 Å². The third-order valence-corrected chi connectivity index (χ3v) is 5.41. The molecule has 1 N–H and O–H groups in total. The topological polar surface area (TPSA) is 84.8 Å². The lowest BCUT2D eigenvalue weighted by atomic mass is 10.3. The highest BCUT2D eigenvalue weighted by molar-refractivity contribution is 5.82. The average Bonchev–Trinajstić information content (AvgIpc) is 3.39. The Kier molecular flexibility index (Phi) is 5.47. The monoisotopic (exact) mass is 385 g/mol. The number of carbonyl (C=O) groups is 1. The lowest BCUT2D eigenvalue weighted by Crippen LogP contribution is -2.29. The van der Waals surface area contributed by atoms with Crippen molar-refractivity contribution in [3.05, 3.63) is 34.6 Å². The third kappa shape index (κ3) is 3.82. The van der Waals surface area contributed by atoms with Crippen LogP contribution in [0.1, 0.15) is 37.9 Å². The lowest BCUT2D eigenvalue weighted by molar-refractivity contribution is -0.121. The number of aryl methyl sites for hydroxylation is 2. The van der Waals surface area contributed by atoms with E-state index in [9.17, 15) is 9.59 Å². The van der Waals surface area contributed by atoms with Crippen LogP contribution in [0.4, 0.5) is 0 Å². The second kappa shape index (κ2) is 8.18. The van der Waals surface area contributed by atoms with Crippen LogP contribution >= 0.6 is 0 Å². The third-order valence-electron chi connectivity index (χ3n) is 5.41. The summed E-state index contributed by atoms with van der Waals surface area (Å²) in [6.07, 6.45) is 6.15. The second-order valence-corrected chi connectivity index (χ2v) is 7.47. The van der Waals surface area contributed by atoms with Crippen LogP contribution < -0.4 is 10.9 Å². The Balaban J connectivity index is 1.28. The van der Waals surface area contributed by atoms with Crippen LogP contribution in [0, 0.1) is 6.92 Å². The van der Waals surface area contributed by atoms with E-state index in [1.165, 1.54) is 30.6 Å². The molecule has 0 radical (unpaired) electrons. The van der Waals surface area contributed by atoms with Gasteiger partial charge in [0, 0.05) is 31.6 Å². The zero-order valence-corrected chi connectivity index (χ0v) is 16.3. The molecule has 0 aromatic carbocycles. The molecule has 1 aliphatic rings. The van der Waals surface area contributed by atoms with Gasteiger partial charge in [0.15, 0.2) is 5.58 Å². The second-order valence-electron chi connectivity index (χ2n) is 7.47. The Morgan fingerprint density at radius 1 is 1.21 bits per heavy atom. The number of rotatable bonds is 8. The first-order valence-electron chi connectivity index (χ1n) is 10.1. The van der Waals surface area contributed by atoms with Gasteiger partial charge in [-0.05, 0) is 52.2 Å². The molecule has 0 bridgehead atoms. The van der Waals surface area contributed by atoms with Crippen LogP contribution in [-0.2, 0) is 11.3 Å². The van der Waals surface area contributed by atoms with Crippen molar-refractivity contribution in [3.8, 4) is 0 Å². The fraction of sp³-hybridized carbons (Fsp3) is 0.550. The van der Waals surface area contributed by atoms with Crippen LogP contribution in [0.25, 0.3) is 16.6 Å². The van der Waals surface area contributed by atoms with E-state index >= 15 is 0 Å². The summed E-state index contributed by atoms with van der Waals surface area (Å²) in [4.78, 5) is 27.2. The van der Waals surface area contributed by atoms with E-state index < -0.39 is 0 Å². The Morgan fingerprint density at radius 3 is 2.86 bits per heavy atom. The zero-order valence-electron chi connectivity index (χ0n) is 16.3. The predicted octanol–water partition coefficient (Wildman–Crippen LogP) is 1.93. The number of hydrogen-bond donors (Lipinski definition) is 1. The molecule has 1 saturated heterocycles. The molecule has 3 aromatic heterocycles. The molecule has 1 fully saturated rings. The Hall–Kier alpha value is -2.61. The molecule has 8 nitrogen and oxygen atoms in total. The number of likely N-dealkylation sites (tertiary alicyclic amines) is 1. The molecule has 8 heteroatoms. The first-order chi connectivity index (χ1) is 13.6. The Bertz CT molecular complexity index is 1030. The van der Waals surface area contributed by atoms with Crippen molar-refractivity contribution in [1.82, 2.24) is 24.4 Å². The molecular weight excluding hydrogens is 358 g/mol. The molecule has 4 heterocycles. The molecular formula is C20H27N5O3. The van der Waals surface area contributed by atoms with Gasteiger partial charge in [-0.2, -0.15) is 5.10 Å². The fourth-order valence-electron chi connectivity index (χ4n) is 3.99. The van der Waals surface area contributed by atoms with Crippen molar-refractivity contribution in [3.63, 3.8) is 0 Å². The van der Waals surface area contributed by atoms with Crippen molar-refractivity contribution >= 4 is 22.5 Å². The fourth-order valence-corrected chi connectivity index (χ4v) is 3.99. The molecule has 28 heavy (non-hydrogen) atoms. The van der Waals surface area contributed by atoms with Crippen molar-refractivity contribution < 1.29 is 9.21 Å². The van der Waals surface area contributed by atoms with Crippen LogP contribution in [0.2, 0.25) is 0 Å². The highest BCUT2D eigenvalue weighted by Gasteiger charge is 2.14. The number of furan rings is 1. The minimum atomic E-state index is -0.164. The largest absolute Gasteiger partial charge is 0.463 e. The first kappa shape index (κ1) is 18.7. The molecule has 0 saturated carbocycles. The molecule has 150 valence electrons. The van der Waals surface area contributed by atoms with Crippen molar-refractivity contribution in [2.45, 2.75) is 45.6 Å². The molecule has 0 aliphatic carbocycles. The molecule has 4 rings (SSSR count). The van der Waals surface area contributed by atoms with Gasteiger partial charge in [0.25, 0.3) is 5.56 Å². The van der Waals surface area contributed by atoms with Crippen molar-refractivity contribution in [1.29, 1.82) is 0 Å². The highest BCUT2D eigenvalue weighted by Crippen LogP contribution is 2.19. The molecule has 0 atom stereocenters. The standard InChI is InChI=1S/C20H27N5O3/c1-15-22-24(20(27)17-14-18-16(25(15)17)7-13-28-18)12-4-6-19(26)21-8-5-11-23-9-2-3-10-23/h7,13-14H,2-6,8-12H2,1H3,(H,21,26). The van der Waals surface area contributed by atoms with E-state index in [1.54, 1.807) is 12.3 Å². The van der Waals surface area contributed by atoms with Gasteiger partial charge in [0.2, 0.25) is 5.91 Å². The summed E-state index contributed by atoms with van der Waals surface area (Å²) in [5, 5.41) is 7.38. The van der Waals surface area contributed by atoms with Gasteiger partial charge in [-0.1, -0.05) is 0 Å². The van der Waals surface area contributed by atoms with E-state index in [-0.39, 0.29) is 11.5 Å². The van der Waals surface area contributed by atoms with E-state index in [2.05, 4.69) is 15.3 Å². The first-order valence-corrected chi connectivity index (χ1v) is 10.1. The number of fused-ring (bicyclic) bond motifs is 3. The van der Waals surface area contributed by atoms with Gasteiger partial charge in [0.1, 0.15) is 11.3 Å². The summed E-state index contributed by atoms with van der Waals surface area (Å²) >= 11 is 0. The minimum Gasteiger partial charge on any atom is -0.463 e. The maximum Gasteiger partial charge on any atom is 0.291 e. The number of hydrogen-bond acceptors (Lipinski definition) is 5. The predicted molar refractivity (Wildman–Crippen MR) is 106 cm³/mol. The summed E-state index contributed by atoms with van der Waals surface area (Å²) < 4.78 is 8.65. The van der Waals surface area contributed by atoms with E-state index in [0.29, 0.717) is 37.0 Å². The minimum absolute atomic E-state index is 0.0347. The summed E-state index contributed by atoms with van der Waals surface area (Å²) in [5.74, 6) is 0.754. The average molecular weight is 385 g/mol. The maximum absolute atomic E-state index is 12.7. The lowest BCUT2D eigenvalue weighted by Gasteiger charge is -2.14. The van der Waals surface area contributed by atoms with Gasteiger partial charge in [-0.3, -0.25) is 14.0 Å². The normalized spacial score (nSPS) is 15.0. The number of amides is 1. The van der Waals surface area contributed by atoms with E-state index in [4.69, 9.17) is 4.42 Å². The molecule has 0 spiro atoms. The quantitative estimate of drug-likeness (QED) is 0.599. The molecule has 3 aromatic rings. The molecule has 1 aliphatic heterocycles. The number of aromatic nitrogens is 3. The SMILES string of the molecule is Cc1nn(CCCC(=O)NCCCN2CCCC2)c(=O)c2cc3occc3n12. The van der Waals surface area contributed by atoms with E-state index in [1.807, 2.05) is 17.4 Å². The van der Waals surface area contributed by atoms with E-state index in [0.717, 1.165) is 24.3 Å². The molecule has 1 amide bonds. The van der Waals surface area contributed by atoms with Crippen LogP contribution in [0.3, 0.4) is 0 Å². The van der Waals surface area contributed by atoms with Crippen molar-refractivity contribution in [2.75, 3.05) is 26.2 Å².